The van der Waals surface area contributed by atoms with Gasteiger partial charge >= 0.3 is 0 Å². The maximum atomic E-state index is 12.7. The van der Waals surface area contributed by atoms with Gasteiger partial charge in [-0.25, -0.2) is 0 Å². The largest absolute Gasteiger partial charge is 0.468 e. The van der Waals surface area contributed by atoms with E-state index in [1.54, 1.807) is 18.7 Å². The van der Waals surface area contributed by atoms with Crippen molar-refractivity contribution in [1.29, 1.82) is 0 Å². The molecule has 0 unspecified atom stereocenters. The maximum Gasteiger partial charge on any atom is 0.226 e. The number of hydrogen-bond acceptors (Lipinski definition) is 4. The van der Waals surface area contributed by atoms with Crippen LogP contribution in [0.5, 0.6) is 0 Å². The lowest BCUT2D eigenvalue weighted by atomic mass is 9.96. The number of pyridine rings is 1. The number of likely N-dealkylation sites (tertiary alicyclic amines) is 1. The first kappa shape index (κ1) is 16.7. The molecule has 5 heteroatoms. The number of likely N-dealkylation sites (N-methyl/N-ethyl adjacent to an activating group) is 1. The molecule has 128 valence electrons. The minimum absolute atomic E-state index is 0.0937. The third-order valence-electron chi connectivity index (χ3n) is 4.68. The van der Waals surface area contributed by atoms with Crippen LogP contribution >= 0.6 is 0 Å². The molecule has 1 saturated heterocycles. The summed E-state index contributed by atoms with van der Waals surface area (Å²) in [5.41, 5.74) is 1.22. The van der Waals surface area contributed by atoms with E-state index in [2.05, 4.69) is 9.88 Å². The SMILES string of the molecule is CN(CCc1ccncc1)C(=O)[C@H]1CCCN(Cc2ccco2)C1. The second-order valence-electron chi connectivity index (χ2n) is 6.52. The lowest BCUT2D eigenvalue weighted by Gasteiger charge is -2.33. The number of carbonyl (C=O) groups is 1. The topological polar surface area (TPSA) is 49.6 Å². The Kier molecular flexibility index (Phi) is 5.64. The molecule has 1 atom stereocenters. The van der Waals surface area contributed by atoms with Crippen molar-refractivity contribution in [3.8, 4) is 0 Å². The lowest BCUT2D eigenvalue weighted by molar-refractivity contribution is -0.136. The molecule has 3 rings (SSSR count). The van der Waals surface area contributed by atoms with E-state index in [-0.39, 0.29) is 11.8 Å². The highest BCUT2D eigenvalue weighted by Gasteiger charge is 2.28. The number of rotatable bonds is 6. The van der Waals surface area contributed by atoms with Gasteiger partial charge in [0.1, 0.15) is 5.76 Å². The molecule has 5 nitrogen and oxygen atoms in total. The molecule has 0 aliphatic carbocycles. The summed E-state index contributed by atoms with van der Waals surface area (Å²) in [7, 11) is 1.91. The van der Waals surface area contributed by atoms with Crippen molar-refractivity contribution in [3.63, 3.8) is 0 Å². The third kappa shape index (κ3) is 4.45. The molecule has 3 heterocycles. The molecule has 24 heavy (non-hydrogen) atoms. The van der Waals surface area contributed by atoms with Crippen molar-refractivity contribution in [2.45, 2.75) is 25.8 Å². The van der Waals surface area contributed by atoms with E-state index in [4.69, 9.17) is 4.42 Å². The average Bonchev–Trinajstić information content (AvgIpc) is 3.13. The second kappa shape index (κ2) is 8.11. The van der Waals surface area contributed by atoms with Crippen LogP contribution in [0.25, 0.3) is 0 Å². The van der Waals surface area contributed by atoms with Crippen LogP contribution in [0.1, 0.15) is 24.2 Å². The van der Waals surface area contributed by atoms with Crippen molar-refractivity contribution < 1.29 is 9.21 Å². The Balaban J connectivity index is 1.49. The molecule has 2 aromatic rings. The Hall–Kier alpha value is -2.14. The van der Waals surface area contributed by atoms with E-state index in [9.17, 15) is 4.79 Å². The number of piperidine rings is 1. The highest BCUT2D eigenvalue weighted by atomic mass is 16.3. The van der Waals surface area contributed by atoms with E-state index in [1.807, 2.05) is 36.2 Å². The summed E-state index contributed by atoms with van der Waals surface area (Å²) >= 11 is 0. The predicted molar refractivity (Wildman–Crippen MR) is 92.3 cm³/mol. The molecule has 0 bridgehead atoms. The Bertz CT molecular complexity index is 627. The van der Waals surface area contributed by atoms with E-state index >= 15 is 0 Å². The number of hydrogen-bond donors (Lipinski definition) is 0. The van der Waals surface area contributed by atoms with Gasteiger partial charge < -0.3 is 9.32 Å². The van der Waals surface area contributed by atoms with Gasteiger partial charge in [-0.3, -0.25) is 14.7 Å². The first-order chi connectivity index (χ1) is 11.7. The average molecular weight is 327 g/mol. The van der Waals surface area contributed by atoms with E-state index in [0.29, 0.717) is 0 Å². The van der Waals surface area contributed by atoms with Crippen LogP contribution in [-0.4, -0.2) is 47.4 Å². The normalized spacial score (nSPS) is 18.5. The Morgan fingerprint density at radius 3 is 2.96 bits per heavy atom. The molecule has 0 aromatic carbocycles. The molecule has 1 aliphatic heterocycles. The van der Waals surface area contributed by atoms with Gasteiger partial charge in [-0.15, -0.1) is 0 Å². The van der Waals surface area contributed by atoms with Crippen LogP contribution in [0.15, 0.2) is 47.3 Å². The molecule has 0 spiro atoms. The highest BCUT2D eigenvalue weighted by molar-refractivity contribution is 5.78. The minimum Gasteiger partial charge on any atom is -0.468 e. The Labute approximate surface area is 143 Å². The molecule has 1 amide bonds. The van der Waals surface area contributed by atoms with Crippen LogP contribution < -0.4 is 0 Å². The number of nitrogens with zero attached hydrogens (tertiary/aromatic N) is 3. The van der Waals surface area contributed by atoms with Crippen molar-refractivity contribution >= 4 is 5.91 Å². The van der Waals surface area contributed by atoms with Crippen LogP contribution in [0.2, 0.25) is 0 Å². The molecule has 2 aromatic heterocycles. The van der Waals surface area contributed by atoms with Gasteiger partial charge in [-0.2, -0.15) is 0 Å². The zero-order valence-electron chi connectivity index (χ0n) is 14.2. The number of aromatic nitrogens is 1. The van der Waals surface area contributed by atoms with E-state index in [1.165, 1.54) is 5.56 Å². The molecular formula is C19H25N3O2. The summed E-state index contributed by atoms with van der Waals surface area (Å²) in [5.74, 6) is 1.32. The predicted octanol–water partition coefficient (Wildman–Crippen LogP) is 2.59. The van der Waals surface area contributed by atoms with Crippen molar-refractivity contribution in [1.82, 2.24) is 14.8 Å². The van der Waals surface area contributed by atoms with Crippen LogP contribution in [0, 0.1) is 5.92 Å². The van der Waals surface area contributed by atoms with Gasteiger partial charge in [-0.1, -0.05) is 0 Å². The summed E-state index contributed by atoms with van der Waals surface area (Å²) in [6.45, 7) is 3.39. The number of furan rings is 1. The van der Waals surface area contributed by atoms with Gasteiger partial charge in [0.25, 0.3) is 0 Å². The van der Waals surface area contributed by atoms with Gasteiger partial charge in [0.2, 0.25) is 5.91 Å². The molecule has 1 fully saturated rings. The third-order valence-corrected chi connectivity index (χ3v) is 4.68. The zero-order valence-corrected chi connectivity index (χ0v) is 14.2. The number of carbonyl (C=O) groups excluding carboxylic acids is 1. The minimum atomic E-state index is 0.0937. The lowest BCUT2D eigenvalue weighted by Crippen LogP contribution is -2.43. The zero-order chi connectivity index (χ0) is 16.8. The van der Waals surface area contributed by atoms with Gasteiger partial charge in [0.15, 0.2) is 0 Å². The summed E-state index contributed by atoms with van der Waals surface area (Å²) in [4.78, 5) is 21.0. The van der Waals surface area contributed by atoms with Crippen LogP contribution in [-0.2, 0) is 17.8 Å². The Morgan fingerprint density at radius 1 is 1.38 bits per heavy atom. The second-order valence-corrected chi connectivity index (χ2v) is 6.52. The number of amides is 1. The van der Waals surface area contributed by atoms with Crippen molar-refractivity contribution in [3.05, 3.63) is 54.2 Å². The quantitative estimate of drug-likeness (QED) is 0.818. The molecule has 0 saturated carbocycles. The Morgan fingerprint density at radius 2 is 2.21 bits per heavy atom. The van der Waals surface area contributed by atoms with E-state index < -0.39 is 0 Å². The standard InChI is InChI=1S/C19H25N3O2/c1-21(12-8-16-6-9-20-10-7-16)19(23)17-4-2-11-22(14-17)15-18-5-3-13-24-18/h3,5-7,9-10,13,17H,2,4,8,11-12,14-15H2,1H3/t17-/m0/s1. The first-order valence-corrected chi connectivity index (χ1v) is 8.61. The molecule has 0 radical (unpaired) electrons. The summed E-state index contributed by atoms with van der Waals surface area (Å²) < 4.78 is 5.42. The maximum absolute atomic E-state index is 12.7. The molecule has 1 aliphatic rings. The fourth-order valence-electron chi connectivity index (χ4n) is 3.29. The van der Waals surface area contributed by atoms with Crippen molar-refractivity contribution in [2.75, 3.05) is 26.7 Å². The first-order valence-electron chi connectivity index (χ1n) is 8.61. The molecule has 0 N–H and O–H groups in total. The summed E-state index contributed by atoms with van der Waals surface area (Å²) in [6, 6.07) is 7.91. The van der Waals surface area contributed by atoms with Gasteiger partial charge in [0.05, 0.1) is 18.7 Å². The fraction of sp³-hybridized carbons (Fsp3) is 0.474. The van der Waals surface area contributed by atoms with Gasteiger partial charge in [-0.05, 0) is 55.6 Å². The van der Waals surface area contributed by atoms with Crippen molar-refractivity contribution in [2.24, 2.45) is 5.92 Å². The van der Waals surface area contributed by atoms with Crippen LogP contribution in [0.3, 0.4) is 0 Å². The fourth-order valence-corrected chi connectivity index (χ4v) is 3.29. The summed E-state index contributed by atoms with van der Waals surface area (Å²) in [5, 5.41) is 0. The monoisotopic (exact) mass is 327 g/mol. The van der Waals surface area contributed by atoms with E-state index in [0.717, 1.165) is 51.2 Å². The summed E-state index contributed by atoms with van der Waals surface area (Å²) in [6.07, 6.45) is 8.21. The van der Waals surface area contributed by atoms with Gasteiger partial charge in [0, 0.05) is 32.5 Å². The highest BCUT2D eigenvalue weighted by Crippen LogP contribution is 2.20. The smallest absolute Gasteiger partial charge is 0.226 e. The van der Waals surface area contributed by atoms with Crippen LogP contribution in [0.4, 0.5) is 0 Å². The molecular weight excluding hydrogens is 302 g/mol.